The largest absolute Gasteiger partial charge is 0.313 e. The van der Waals surface area contributed by atoms with Gasteiger partial charge >= 0.3 is 0 Å². The summed E-state index contributed by atoms with van der Waals surface area (Å²) < 4.78 is 3.71. The molecule has 5 heteroatoms. The molecule has 2 heterocycles. The zero-order chi connectivity index (χ0) is 13.1. The van der Waals surface area contributed by atoms with Crippen LogP contribution in [0.3, 0.4) is 0 Å². The Morgan fingerprint density at radius 2 is 1.74 bits per heavy atom. The maximum atomic E-state index is 4.28. The van der Waals surface area contributed by atoms with Gasteiger partial charge in [-0.2, -0.15) is 5.10 Å². The smallest absolute Gasteiger partial charge is 0.141 e. The molecule has 0 saturated carbocycles. The predicted octanol–water partition coefficient (Wildman–Crippen LogP) is 2.26. The summed E-state index contributed by atoms with van der Waals surface area (Å²) in [6.07, 6.45) is 4.90. The van der Waals surface area contributed by atoms with Crippen LogP contribution < -0.4 is 0 Å². The molecule has 3 aromatic rings. The fourth-order valence-corrected chi connectivity index (χ4v) is 1.97. The fraction of sp³-hybridized carbons (Fsp3) is 0.0714. The first-order valence-corrected chi connectivity index (χ1v) is 5.97. The van der Waals surface area contributed by atoms with Crippen molar-refractivity contribution in [2.24, 2.45) is 5.10 Å². The average Bonchev–Trinajstić information content (AvgIpc) is 3.07. The molecule has 0 bridgehead atoms. The lowest BCUT2D eigenvalue weighted by molar-refractivity contribution is 0.874. The zero-order valence-electron chi connectivity index (χ0n) is 10.5. The SMILES string of the molecule is Cc1ccc(/C=N/n2cnnc2)n1-c1ccccc1. The first kappa shape index (κ1) is 11.4. The van der Waals surface area contributed by atoms with Gasteiger partial charge in [-0.1, -0.05) is 18.2 Å². The van der Waals surface area contributed by atoms with Crippen molar-refractivity contribution in [1.82, 2.24) is 19.4 Å². The van der Waals surface area contributed by atoms with E-state index in [9.17, 15) is 0 Å². The van der Waals surface area contributed by atoms with Crippen molar-refractivity contribution in [3.63, 3.8) is 0 Å². The number of para-hydroxylation sites is 1. The lowest BCUT2D eigenvalue weighted by Crippen LogP contribution is -2.01. The van der Waals surface area contributed by atoms with Crippen molar-refractivity contribution in [2.75, 3.05) is 0 Å². The molecule has 19 heavy (non-hydrogen) atoms. The molecule has 0 unspecified atom stereocenters. The van der Waals surface area contributed by atoms with Gasteiger partial charge in [-0.15, -0.1) is 10.2 Å². The molecule has 0 radical (unpaired) electrons. The second-order valence-electron chi connectivity index (χ2n) is 4.16. The Morgan fingerprint density at radius 1 is 1.00 bits per heavy atom. The Labute approximate surface area is 110 Å². The van der Waals surface area contributed by atoms with Crippen LogP contribution in [-0.4, -0.2) is 25.7 Å². The Balaban J connectivity index is 2.00. The number of benzene rings is 1. The molecule has 1 aromatic carbocycles. The molecular formula is C14H13N5. The van der Waals surface area contributed by atoms with Crippen LogP contribution in [-0.2, 0) is 0 Å². The minimum absolute atomic E-state index is 1.01. The molecule has 0 N–H and O–H groups in total. The van der Waals surface area contributed by atoms with E-state index in [1.165, 1.54) is 0 Å². The molecule has 3 rings (SSSR count). The summed E-state index contributed by atoms with van der Waals surface area (Å²) in [6, 6.07) is 14.3. The van der Waals surface area contributed by atoms with Gasteiger partial charge in [0.1, 0.15) is 12.7 Å². The summed E-state index contributed by atoms with van der Waals surface area (Å²) in [7, 11) is 0. The van der Waals surface area contributed by atoms with E-state index in [0.717, 1.165) is 17.1 Å². The standard InChI is InChI=1S/C14H13N5/c1-12-7-8-14(9-17-18-10-15-16-11-18)19(12)13-5-3-2-4-6-13/h2-11H,1H3/b17-9+. The minimum atomic E-state index is 1.01. The Morgan fingerprint density at radius 3 is 2.47 bits per heavy atom. The van der Waals surface area contributed by atoms with E-state index in [2.05, 4.69) is 45.0 Å². The number of hydrogen-bond acceptors (Lipinski definition) is 3. The van der Waals surface area contributed by atoms with Crippen LogP contribution in [0.25, 0.3) is 5.69 Å². The molecule has 0 fully saturated rings. The summed E-state index contributed by atoms with van der Waals surface area (Å²) in [5.41, 5.74) is 3.30. The second-order valence-corrected chi connectivity index (χ2v) is 4.16. The van der Waals surface area contributed by atoms with Crippen molar-refractivity contribution in [3.05, 3.63) is 66.5 Å². The molecule has 0 spiro atoms. The van der Waals surface area contributed by atoms with Gasteiger partial charge in [0.25, 0.3) is 0 Å². The first-order valence-electron chi connectivity index (χ1n) is 5.97. The molecule has 0 aliphatic carbocycles. The molecule has 0 amide bonds. The minimum Gasteiger partial charge on any atom is -0.313 e. The molecule has 5 nitrogen and oxygen atoms in total. The van der Waals surface area contributed by atoms with Crippen LogP contribution in [0.2, 0.25) is 0 Å². The first-order chi connectivity index (χ1) is 9.34. The van der Waals surface area contributed by atoms with Crippen LogP contribution >= 0.6 is 0 Å². The van der Waals surface area contributed by atoms with E-state index in [1.807, 2.05) is 24.3 Å². The predicted molar refractivity (Wildman–Crippen MR) is 73.5 cm³/mol. The molecule has 0 atom stereocenters. The molecule has 0 aliphatic heterocycles. The van der Waals surface area contributed by atoms with Gasteiger partial charge in [-0.05, 0) is 31.2 Å². The topological polar surface area (TPSA) is 48.0 Å². The highest BCUT2D eigenvalue weighted by Gasteiger charge is 2.04. The van der Waals surface area contributed by atoms with E-state index >= 15 is 0 Å². The normalized spacial score (nSPS) is 11.2. The summed E-state index contributed by atoms with van der Waals surface area (Å²) in [6.45, 7) is 2.07. The lowest BCUT2D eigenvalue weighted by atomic mass is 10.3. The number of aromatic nitrogens is 4. The van der Waals surface area contributed by atoms with Gasteiger partial charge in [-0.3, -0.25) is 0 Å². The van der Waals surface area contributed by atoms with Crippen LogP contribution in [0, 0.1) is 6.92 Å². The van der Waals surface area contributed by atoms with Crippen molar-refractivity contribution in [3.8, 4) is 5.69 Å². The second kappa shape index (κ2) is 4.89. The highest BCUT2D eigenvalue weighted by molar-refractivity contribution is 5.79. The van der Waals surface area contributed by atoms with Crippen LogP contribution in [0.15, 0.2) is 60.2 Å². The maximum Gasteiger partial charge on any atom is 0.141 e. The van der Waals surface area contributed by atoms with Crippen molar-refractivity contribution in [2.45, 2.75) is 6.92 Å². The van der Waals surface area contributed by atoms with Gasteiger partial charge in [-0.25, -0.2) is 4.68 Å². The van der Waals surface area contributed by atoms with E-state index in [4.69, 9.17) is 0 Å². The number of nitrogens with zero attached hydrogens (tertiary/aromatic N) is 5. The highest BCUT2D eigenvalue weighted by Crippen LogP contribution is 2.15. The van der Waals surface area contributed by atoms with Gasteiger partial charge in [0.05, 0.1) is 11.9 Å². The van der Waals surface area contributed by atoms with Crippen molar-refractivity contribution >= 4 is 6.21 Å². The van der Waals surface area contributed by atoms with Gasteiger partial charge in [0.15, 0.2) is 0 Å². The highest BCUT2D eigenvalue weighted by atomic mass is 15.4. The molecule has 2 aromatic heterocycles. The zero-order valence-corrected chi connectivity index (χ0v) is 10.5. The van der Waals surface area contributed by atoms with Crippen LogP contribution in [0.4, 0.5) is 0 Å². The number of aryl methyl sites for hydroxylation is 1. The van der Waals surface area contributed by atoms with Gasteiger partial charge < -0.3 is 4.57 Å². The molecular weight excluding hydrogens is 238 g/mol. The fourth-order valence-electron chi connectivity index (χ4n) is 1.97. The van der Waals surface area contributed by atoms with Crippen LogP contribution in [0.5, 0.6) is 0 Å². The average molecular weight is 251 g/mol. The third kappa shape index (κ3) is 2.30. The van der Waals surface area contributed by atoms with Crippen LogP contribution in [0.1, 0.15) is 11.4 Å². The summed E-state index contributed by atoms with van der Waals surface area (Å²) in [5.74, 6) is 0. The molecule has 94 valence electrons. The lowest BCUT2D eigenvalue weighted by Gasteiger charge is -2.08. The van der Waals surface area contributed by atoms with Gasteiger partial charge in [0.2, 0.25) is 0 Å². The third-order valence-corrected chi connectivity index (χ3v) is 2.85. The van der Waals surface area contributed by atoms with E-state index in [-0.39, 0.29) is 0 Å². The molecule has 0 saturated heterocycles. The Hall–Kier alpha value is -2.69. The van der Waals surface area contributed by atoms with Gasteiger partial charge in [0, 0.05) is 11.4 Å². The molecule has 0 aliphatic rings. The van der Waals surface area contributed by atoms with E-state index in [0.29, 0.717) is 0 Å². The van der Waals surface area contributed by atoms with Crippen molar-refractivity contribution in [1.29, 1.82) is 0 Å². The van der Waals surface area contributed by atoms with E-state index < -0.39 is 0 Å². The summed E-state index contributed by atoms with van der Waals surface area (Å²) >= 11 is 0. The monoisotopic (exact) mass is 251 g/mol. The number of hydrogen-bond donors (Lipinski definition) is 0. The number of rotatable bonds is 3. The van der Waals surface area contributed by atoms with Crippen molar-refractivity contribution < 1.29 is 0 Å². The summed E-state index contributed by atoms with van der Waals surface area (Å²) in [4.78, 5) is 0. The van der Waals surface area contributed by atoms with E-state index in [1.54, 1.807) is 23.5 Å². The maximum absolute atomic E-state index is 4.28. The quantitative estimate of drug-likeness (QED) is 0.670. The Kier molecular flexibility index (Phi) is 2.94. The third-order valence-electron chi connectivity index (χ3n) is 2.85. The summed E-state index contributed by atoms with van der Waals surface area (Å²) in [5, 5.41) is 11.7. The Bertz CT molecular complexity index is 680.